The summed E-state index contributed by atoms with van der Waals surface area (Å²) in [6.07, 6.45) is 3.70. The first-order chi connectivity index (χ1) is 10.4. The summed E-state index contributed by atoms with van der Waals surface area (Å²) >= 11 is -1.07. The van der Waals surface area contributed by atoms with E-state index >= 15 is 0 Å². The van der Waals surface area contributed by atoms with Crippen LogP contribution in [0.25, 0.3) is 0 Å². The van der Waals surface area contributed by atoms with Crippen molar-refractivity contribution in [1.29, 1.82) is 0 Å². The molecule has 5 nitrogen and oxygen atoms in total. The Hall–Kier alpha value is -0.460. The minimum absolute atomic E-state index is 0.135. The molecule has 2 N–H and O–H groups in total. The zero-order valence-electron chi connectivity index (χ0n) is 15.7. The molecule has 23 heavy (non-hydrogen) atoms. The third-order valence-corrected chi connectivity index (χ3v) is 5.69. The molecule has 1 amide bonds. The molecule has 1 aliphatic carbocycles. The van der Waals surface area contributed by atoms with E-state index < -0.39 is 17.0 Å². The van der Waals surface area contributed by atoms with Gasteiger partial charge in [0.15, 0.2) is 0 Å². The monoisotopic (exact) mass is 346 g/mol. The molecule has 6 heteroatoms. The van der Waals surface area contributed by atoms with Gasteiger partial charge in [0.05, 0.1) is 6.04 Å². The number of carbonyl (C=O) groups is 1. The highest BCUT2D eigenvalue weighted by Gasteiger charge is 2.33. The summed E-state index contributed by atoms with van der Waals surface area (Å²) in [6.45, 7) is 13.6. The fraction of sp³-hybridized carbons (Fsp3) is 0.941. The molecule has 1 fully saturated rings. The smallest absolute Gasteiger partial charge is 0.407 e. The Balaban J connectivity index is 2.49. The van der Waals surface area contributed by atoms with Crippen molar-refractivity contribution in [2.24, 2.45) is 5.92 Å². The van der Waals surface area contributed by atoms with Crippen LogP contribution in [0.4, 0.5) is 4.79 Å². The lowest BCUT2D eigenvalue weighted by molar-refractivity contribution is 0.0481. The lowest BCUT2D eigenvalue weighted by Gasteiger charge is -2.35. The molecule has 136 valence electrons. The maximum absolute atomic E-state index is 12.2. The quantitative estimate of drug-likeness (QED) is 0.764. The van der Waals surface area contributed by atoms with Crippen LogP contribution in [0.3, 0.4) is 0 Å². The molecule has 0 aliphatic heterocycles. The minimum atomic E-state index is -1.07. The van der Waals surface area contributed by atoms with E-state index in [9.17, 15) is 9.35 Å². The van der Waals surface area contributed by atoms with Crippen LogP contribution in [0.1, 0.15) is 74.1 Å². The van der Waals surface area contributed by atoms with Crippen LogP contribution < -0.4 is 10.0 Å². The van der Waals surface area contributed by atoms with Crippen LogP contribution in [-0.2, 0) is 16.1 Å². The van der Waals surface area contributed by atoms with Gasteiger partial charge in [-0.3, -0.25) is 0 Å². The van der Waals surface area contributed by atoms with Crippen LogP contribution in [0.5, 0.6) is 0 Å². The molecule has 0 aromatic carbocycles. The van der Waals surface area contributed by atoms with E-state index in [0.717, 1.165) is 25.7 Å². The van der Waals surface area contributed by atoms with Crippen molar-refractivity contribution in [2.45, 2.75) is 96.6 Å². The van der Waals surface area contributed by atoms with Crippen molar-refractivity contribution < 1.29 is 14.1 Å². The van der Waals surface area contributed by atoms with Gasteiger partial charge in [-0.25, -0.2) is 4.79 Å². The summed E-state index contributed by atoms with van der Waals surface area (Å²) in [7, 11) is 0. The van der Waals surface area contributed by atoms with Crippen molar-refractivity contribution in [3.05, 3.63) is 0 Å². The van der Waals surface area contributed by atoms with Crippen molar-refractivity contribution in [3.8, 4) is 0 Å². The highest BCUT2D eigenvalue weighted by Crippen LogP contribution is 2.28. The van der Waals surface area contributed by atoms with Crippen LogP contribution in [0.2, 0.25) is 0 Å². The zero-order valence-corrected chi connectivity index (χ0v) is 16.5. The maximum atomic E-state index is 12.2. The summed E-state index contributed by atoms with van der Waals surface area (Å²) in [6, 6.07) is 0.300. The Morgan fingerprint density at radius 1 is 1.22 bits per heavy atom. The second-order valence-electron chi connectivity index (χ2n) is 8.56. The first kappa shape index (κ1) is 20.6. The maximum Gasteiger partial charge on any atom is 0.407 e. The third-order valence-electron chi connectivity index (χ3n) is 3.99. The van der Waals surface area contributed by atoms with Crippen molar-refractivity contribution >= 4 is 17.5 Å². The standard InChI is InChI=1S/C17H34N2O3S/c1-12(19-23(21)17(5,6)7)13-9-8-10-14(11-13)18-15(20)22-16(2,3)4/h12-14,19H,8-11H2,1-7H3,(H,18,20)/t12-,13?,14+,23-/m0/s1. The number of carbonyl (C=O) groups excluding carboxylic acids is 1. The van der Waals surface area contributed by atoms with Gasteiger partial charge in [-0.05, 0) is 73.6 Å². The predicted molar refractivity (Wildman–Crippen MR) is 95.6 cm³/mol. The summed E-state index contributed by atoms with van der Waals surface area (Å²) < 4.78 is 20.5. The molecule has 0 heterocycles. The summed E-state index contributed by atoms with van der Waals surface area (Å²) in [5, 5.41) is 2.98. The number of hydrogen-bond donors (Lipinski definition) is 2. The second kappa shape index (κ2) is 8.08. The largest absolute Gasteiger partial charge is 0.598 e. The molecule has 1 aliphatic rings. The average Bonchev–Trinajstić information content (AvgIpc) is 2.35. The van der Waals surface area contributed by atoms with Crippen LogP contribution in [0.15, 0.2) is 0 Å². The lowest BCUT2D eigenvalue weighted by Crippen LogP contribution is -2.49. The minimum Gasteiger partial charge on any atom is -0.598 e. The normalized spacial score (nSPS) is 25.6. The topological polar surface area (TPSA) is 73.4 Å². The van der Waals surface area contributed by atoms with E-state index in [1.54, 1.807) is 0 Å². The van der Waals surface area contributed by atoms with Gasteiger partial charge < -0.3 is 14.6 Å². The Morgan fingerprint density at radius 2 is 1.83 bits per heavy atom. The molecule has 0 bridgehead atoms. The van der Waals surface area contributed by atoms with E-state index in [2.05, 4.69) is 17.0 Å². The van der Waals surface area contributed by atoms with Crippen LogP contribution in [0, 0.1) is 5.92 Å². The number of amides is 1. The summed E-state index contributed by atoms with van der Waals surface area (Å²) in [5.74, 6) is 0.412. The summed E-state index contributed by atoms with van der Waals surface area (Å²) in [4.78, 5) is 11.9. The van der Waals surface area contributed by atoms with Gasteiger partial charge in [-0.1, -0.05) is 6.42 Å². The molecule has 0 saturated heterocycles. The van der Waals surface area contributed by atoms with E-state index in [1.165, 1.54) is 0 Å². The molecule has 0 aromatic heterocycles. The molecule has 4 atom stereocenters. The number of alkyl carbamates (subject to hydrolysis) is 1. The Kier molecular flexibility index (Phi) is 7.23. The molecule has 0 radical (unpaired) electrons. The van der Waals surface area contributed by atoms with E-state index in [4.69, 9.17) is 4.74 Å². The highest BCUT2D eigenvalue weighted by atomic mass is 32.2. The van der Waals surface area contributed by atoms with Crippen molar-refractivity contribution in [1.82, 2.24) is 10.0 Å². The predicted octanol–water partition coefficient (Wildman–Crippen LogP) is 3.51. The first-order valence-electron chi connectivity index (χ1n) is 8.56. The first-order valence-corrected chi connectivity index (χ1v) is 9.71. The van der Waals surface area contributed by atoms with Crippen LogP contribution >= 0.6 is 0 Å². The number of hydrogen-bond acceptors (Lipinski definition) is 4. The number of rotatable bonds is 4. The van der Waals surface area contributed by atoms with E-state index in [0.29, 0.717) is 5.92 Å². The Morgan fingerprint density at radius 3 is 2.35 bits per heavy atom. The summed E-state index contributed by atoms with van der Waals surface area (Å²) in [5.41, 5.74) is -0.476. The average molecular weight is 347 g/mol. The Labute approximate surface area is 144 Å². The zero-order chi connectivity index (χ0) is 17.8. The van der Waals surface area contributed by atoms with Gasteiger partial charge in [-0.15, -0.1) is 4.72 Å². The van der Waals surface area contributed by atoms with E-state index in [-0.39, 0.29) is 22.9 Å². The highest BCUT2D eigenvalue weighted by molar-refractivity contribution is 7.90. The Bertz CT molecular complexity index is 390. The molecule has 1 unspecified atom stereocenters. The molecule has 1 saturated carbocycles. The van der Waals surface area contributed by atoms with E-state index in [1.807, 2.05) is 41.5 Å². The molecule has 0 spiro atoms. The van der Waals surface area contributed by atoms with Gasteiger partial charge in [0.2, 0.25) is 0 Å². The second-order valence-corrected chi connectivity index (χ2v) is 10.6. The third kappa shape index (κ3) is 7.77. The molecule has 1 rings (SSSR count). The number of ether oxygens (including phenoxy) is 1. The van der Waals surface area contributed by atoms with Gasteiger partial charge in [0.1, 0.15) is 10.3 Å². The molecule has 0 aromatic rings. The molecular formula is C17H34N2O3S. The van der Waals surface area contributed by atoms with Gasteiger partial charge in [0.25, 0.3) is 0 Å². The van der Waals surface area contributed by atoms with Gasteiger partial charge in [0, 0.05) is 17.4 Å². The fourth-order valence-corrected chi connectivity index (χ4v) is 3.61. The fourth-order valence-electron chi connectivity index (χ4n) is 2.73. The number of nitrogens with one attached hydrogen (secondary N) is 2. The van der Waals surface area contributed by atoms with Gasteiger partial charge in [-0.2, -0.15) is 0 Å². The molecular weight excluding hydrogens is 312 g/mol. The van der Waals surface area contributed by atoms with Crippen molar-refractivity contribution in [2.75, 3.05) is 0 Å². The van der Waals surface area contributed by atoms with Crippen LogP contribution in [-0.4, -0.2) is 33.1 Å². The van der Waals surface area contributed by atoms with Crippen molar-refractivity contribution in [3.63, 3.8) is 0 Å². The van der Waals surface area contributed by atoms with Gasteiger partial charge >= 0.3 is 6.09 Å². The lowest BCUT2D eigenvalue weighted by atomic mass is 9.82. The SMILES string of the molecule is C[C@H](N[S@@+]([O-])C(C)(C)C)C1CCC[C@@H](NC(=O)OC(C)(C)C)C1.